The van der Waals surface area contributed by atoms with Gasteiger partial charge in [0.1, 0.15) is 0 Å². The molecule has 0 unspecified atom stereocenters. The summed E-state index contributed by atoms with van der Waals surface area (Å²) in [5.74, 6) is 0. The molecule has 1 aromatic carbocycles. The van der Waals surface area contributed by atoms with E-state index in [1.54, 1.807) is 0 Å². The monoisotopic (exact) mass is 163 g/mol. The number of hydrogen-bond donors (Lipinski definition) is 1. The predicted octanol–water partition coefficient (Wildman–Crippen LogP) is 1.85. The molecule has 0 saturated carbocycles. The van der Waals surface area contributed by atoms with Gasteiger partial charge in [-0.15, -0.1) is 0 Å². The van der Waals surface area contributed by atoms with Gasteiger partial charge in [0, 0.05) is 13.1 Å². The highest BCUT2D eigenvalue weighted by atomic mass is 15.5. The molecule has 0 amide bonds. The van der Waals surface area contributed by atoms with E-state index < -0.39 is 0 Å². The Morgan fingerprint density at radius 3 is 2.50 bits per heavy atom. The maximum atomic E-state index is 3.84. The lowest BCUT2D eigenvalue weighted by molar-refractivity contribution is 0.680. The van der Waals surface area contributed by atoms with Gasteiger partial charge in [-0.1, -0.05) is 25.1 Å². The highest BCUT2D eigenvalue weighted by Gasteiger charge is 1.99. The lowest BCUT2D eigenvalue weighted by Crippen LogP contribution is -2.37. The molecule has 0 heterocycles. The standard InChI is InChI=1S/C10H15N2/c1-3-11-12(4-2)10-8-6-5-7-9-10/h5-9,11H,2-4H2,1H3. The van der Waals surface area contributed by atoms with Gasteiger partial charge in [0.15, 0.2) is 0 Å². The van der Waals surface area contributed by atoms with E-state index in [0.717, 1.165) is 18.8 Å². The minimum absolute atomic E-state index is 0.734. The van der Waals surface area contributed by atoms with E-state index in [2.05, 4.69) is 31.4 Å². The summed E-state index contributed by atoms with van der Waals surface area (Å²) in [6.45, 7) is 7.57. The summed E-state index contributed by atoms with van der Waals surface area (Å²) in [6.07, 6.45) is 0. The van der Waals surface area contributed by atoms with Gasteiger partial charge in [0.2, 0.25) is 0 Å². The third-order valence-electron chi connectivity index (χ3n) is 1.64. The molecule has 0 aliphatic carbocycles. The van der Waals surface area contributed by atoms with Crippen molar-refractivity contribution in [3.8, 4) is 0 Å². The Morgan fingerprint density at radius 1 is 1.33 bits per heavy atom. The van der Waals surface area contributed by atoms with Gasteiger partial charge in [0.25, 0.3) is 0 Å². The molecule has 0 aromatic heterocycles. The molecular weight excluding hydrogens is 148 g/mol. The zero-order chi connectivity index (χ0) is 8.81. The first kappa shape index (κ1) is 9.07. The van der Waals surface area contributed by atoms with E-state index in [1.165, 1.54) is 0 Å². The van der Waals surface area contributed by atoms with Crippen molar-refractivity contribution >= 4 is 5.69 Å². The molecule has 0 fully saturated rings. The van der Waals surface area contributed by atoms with Crippen molar-refractivity contribution in [2.24, 2.45) is 0 Å². The summed E-state index contributed by atoms with van der Waals surface area (Å²) in [6, 6.07) is 10.2. The van der Waals surface area contributed by atoms with Gasteiger partial charge in [-0.2, -0.15) is 0 Å². The van der Waals surface area contributed by atoms with Gasteiger partial charge >= 0.3 is 0 Å². The van der Waals surface area contributed by atoms with Crippen LogP contribution >= 0.6 is 0 Å². The Morgan fingerprint density at radius 2 is 2.00 bits per heavy atom. The van der Waals surface area contributed by atoms with Crippen LogP contribution in [0.25, 0.3) is 0 Å². The maximum Gasteiger partial charge on any atom is 0.0519 e. The van der Waals surface area contributed by atoms with Gasteiger partial charge in [0.05, 0.1) is 5.69 Å². The molecule has 12 heavy (non-hydrogen) atoms. The molecule has 0 saturated heterocycles. The normalized spacial score (nSPS) is 9.83. The largest absolute Gasteiger partial charge is 0.308 e. The van der Waals surface area contributed by atoms with Crippen molar-refractivity contribution in [3.63, 3.8) is 0 Å². The fourth-order valence-electron chi connectivity index (χ4n) is 1.10. The number of para-hydroxylation sites is 1. The highest BCUT2D eigenvalue weighted by Crippen LogP contribution is 2.09. The van der Waals surface area contributed by atoms with E-state index in [1.807, 2.05) is 23.2 Å². The predicted molar refractivity (Wildman–Crippen MR) is 52.8 cm³/mol. The fraction of sp³-hybridized carbons (Fsp3) is 0.300. The SMILES string of the molecule is [CH2]CN(NCC)c1ccccc1. The molecule has 1 aromatic rings. The molecule has 2 nitrogen and oxygen atoms in total. The van der Waals surface area contributed by atoms with Crippen LogP contribution in [0.15, 0.2) is 30.3 Å². The Balaban J connectivity index is 2.66. The van der Waals surface area contributed by atoms with E-state index in [9.17, 15) is 0 Å². The third kappa shape index (κ3) is 2.24. The molecule has 2 heteroatoms. The Kier molecular flexibility index (Phi) is 3.61. The summed E-state index contributed by atoms with van der Waals surface area (Å²) < 4.78 is 0. The van der Waals surface area contributed by atoms with Crippen LogP contribution in [0.4, 0.5) is 5.69 Å². The van der Waals surface area contributed by atoms with Crippen molar-refractivity contribution in [1.82, 2.24) is 5.43 Å². The first-order valence-corrected chi connectivity index (χ1v) is 4.23. The second-order valence-corrected chi connectivity index (χ2v) is 2.50. The minimum atomic E-state index is 0.734. The quantitative estimate of drug-likeness (QED) is 0.681. The van der Waals surface area contributed by atoms with Crippen LogP contribution in [-0.4, -0.2) is 13.1 Å². The zero-order valence-corrected chi connectivity index (χ0v) is 7.46. The number of hydrogen-bond acceptors (Lipinski definition) is 2. The van der Waals surface area contributed by atoms with Crippen LogP contribution < -0.4 is 10.4 Å². The number of benzene rings is 1. The summed E-state index contributed by atoms with van der Waals surface area (Å²) in [5.41, 5.74) is 4.38. The van der Waals surface area contributed by atoms with Gasteiger partial charge < -0.3 is 5.01 Å². The molecule has 1 radical (unpaired) electrons. The summed E-state index contributed by atoms with van der Waals surface area (Å²) in [4.78, 5) is 0. The average molecular weight is 163 g/mol. The van der Waals surface area contributed by atoms with Crippen molar-refractivity contribution in [2.45, 2.75) is 6.92 Å². The molecule has 65 valence electrons. The van der Waals surface area contributed by atoms with Crippen LogP contribution in [0.2, 0.25) is 0 Å². The fourth-order valence-corrected chi connectivity index (χ4v) is 1.10. The Bertz CT molecular complexity index is 208. The van der Waals surface area contributed by atoms with Crippen LogP contribution in [0.1, 0.15) is 6.92 Å². The second kappa shape index (κ2) is 4.78. The number of nitrogens with one attached hydrogen (secondary N) is 1. The van der Waals surface area contributed by atoms with Crippen LogP contribution in [-0.2, 0) is 0 Å². The zero-order valence-electron chi connectivity index (χ0n) is 7.46. The van der Waals surface area contributed by atoms with Crippen molar-refractivity contribution in [1.29, 1.82) is 0 Å². The molecule has 1 rings (SSSR count). The van der Waals surface area contributed by atoms with Crippen molar-refractivity contribution < 1.29 is 0 Å². The molecule has 0 spiro atoms. The van der Waals surface area contributed by atoms with E-state index >= 15 is 0 Å². The van der Waals surface area contributed by atoms with Crippen LogP contribution in [0, 0.1) is 6.92 Å². The highest BCUT2D eigenvalue weighted by molar-refractivity contribution is 5.44. The molecule has 0 bridgehead atoms. The Labute approximate surface area is 74.2 Å². The van der Waals surface area contributed by atoms with Crippen LogP contribution in [0.3, 0.4) is 0 Å². The molecule has 0 atom stereocenters. The minimum Gasteiger partial charge on any atom is -0.308 e. The first-order chi connectivity index (χ1) is 5.88. The van der Waals surface area contributed by atoms with Gasteiger partial charge in [-0.25, -0.2) is 5.43 Å². The van der Waals surface area contributed by atoms with Gasteiger partial charge in [-0.3, -0.25) is 0 Å². The summed E-state index contributed by atoms with van der Waals surface area (Å²) in [7, 11) is 0. The number of nitrogens with zero attached hydrogens (tertiary/aromatic N) is 1. The third-order valence-corrected chi connectivity index (χ3v) is 1.64. The average Bonchev–Trinajstić information content (AvgIpc) is 2.15. The molecule has 0 aliphatic rings. The summed E-state index contributed by atoms with van der Waals surface area (Å²) in [5, 5.41) is 2.03. The number of hydrazine groups is 1. The maximum absolute atomic E-state index is 3.84. The second-order valence-electron chi connectivity index (χ2n) is 2.50. The van der Waals surface area contributed by atoms with E-state index in [-0.39, 0.29) is 0 Å². The van der Waals surface area contributed by atoms with Crippen LogP contribution in [0.5, 0.6) is 0 Å². The Hall–Kier alpha value is -1.02. The van der Waals surface area contributed by atoms with E-state index in [0.29, 0.717) is 0 Å². The number of rotatable bonds is 4. The number of anilines is 1. The van der Waals surface area contributed by atoms with Crippen molar-refractivity contribution in [2.75, 3.05) is 18.1 Å². The van der Waals surface area contributed by atoms with Gasteiger partial charge in [-0.05, 0) is 19.1 Å². The molecule has 1 N–H and O–H groups in total. The van der Waals surface area contributed by atoms with E-state index in [4.69, 9.17) is 0 Å². The lowest BCUT2D eigenvalue weighted by atomic mass is 10.3. The smallest absolute Gasteiger partial charge is 0.0519 e. The lowest BCUT2D eigenvalue weighted by Gasteiger charge is -2.22. The molecular formula is C10H15N2. The summed E-state index contributed by atoms with van der Waals surface area (Å²) >= 11 is 0. The topological polar surface area (TPSA) is 15.3 Å². The first-order valence-electron chi connectivity index (χ1n) is 4.23. The molecule has 0 aliphatic heterocycles. The van der Waals surface area contributed by atoms with Crippen molar-refractivity contribution in [3.05, 3.63) is 37.3 Å².